The lowest BCUT2D eigenvalue weighted by molar-refractivity contribution is -0.143. The third-order valence-electron chi connectivity index (χ3n) is 4.57. The number of methoxy groups -OCH3 is 1. The van der Waals surface area contributed by atoms with Gasteiger partial charge in [-0.3, -0.25) is 9.59 Å². The van der Waals surface area contributed by atoms with Gasteiger partial charge in [-0.05, 0) is 43.7 Å². The molecule has 4 rings (SSSR count). The molecule has 0 aliphatic rings. The van der Waals surface area contributed by atoms with Gasteiger partial charge in [-0.15, -0.1) is 0 Å². The smallest absolute Gasteiger partial charge is 0.326 e. The molecule has 30 heavy (non-hydrogen) atoms. The number of rotatable bonds is 5. The number of hydrogen-bond acceptors (Lipinski definition) is 6. The van der Waals surface area contributed by atoms with Crippen LogP contribution in [0.5, 0.6) is 5.75 Å². The molecule has 0 aliphatic heterocycles. The quantitative estimate of drug-likeness (QED) is 0.451. The van der Waals surface area contributed by atoms with Crippen molar-refractivity contribution in [3.05, 3.63) is 58.6 Å². The van der Waals surface area contributed by atoms with E-state index in [0.29, 0.717) is 16.1 Å². The second-order valence-corrected chi connectivity index (χ2v) is 7.66. The molecule has 1 amide bonds. The molecule has 0 saturated carbocycles. The zero-order valence-electron chi connectivity index (χ0n) is 16.8. The highest BCUT2D eigenvalue weighted by Gasteiger charge is 2.17. The largest absolute Gasteiger partial charge is 0.493 e. The Morgan fingerprint density at radius 2 is 2.03 bits per heavy atom. The predicted molar refractivity (Wildman–Crippen MR) is 114 cm³/mol. The third-order valence-corrected chi connectivity index (χ3v) is 5.61. The van der Waals surface area contributed by atoms with Gasteiger partial charge in [0.2, 0.25) is 0 Å². The summed E-state index contributed by atoms with van der Waals surface area (Å²) in [6.07, 6.45) is 0. The Kier molecular flexibility index (Phi) is 5.41. The molecular formula is C22H20N2O5S. The fourth-order valence-corrected chi connectivity index (χ4v) is 4.32. The first kappa shape index (κ1) is 19.9. The lowest BCUT2D eigenvalue weighted by Gasteiger charge is -2.05. The molecule has 0 unspecified atom stereocenters. The van der Waals surface area contributed by atoms with Crippen molar-refractivity contribution in [2.75, 3.05) is 13.7 Å². The number of esters is 1. The Morgan fingerprint density at radius 1 is 1.20 bits per heavy atom. The van der Waals surface area contributed by atoms with E-state index in [4.69, 9.17) is 13.9 Å². The van der Waals surface area contributed by atoms with Crippen molar-refractivity contribution in [1.82, 2.24) is 4.57 Å². The van der Waals surface area contributed by atoms with Crippen LogP contribution in [0.25, 0.3) is 21.2 Å². The maximum absolute atomic E-state index is 12.9. The Hall–Kier alpha value is -3.39. The zero-order valence-corrected chi connectivity index (χ0v) is 17.6. The van der Waals surface area contributed by atoms with Crippen LogP contribution < -0.4 is 9.54 Å². The monoisotopic (exact) mass is 424 g/mol. The fraction of sp³-hybridized carbons (Fsp3) is 0.227. The maximum Gasteiger partial charge on any atom is 0.326 e. The van der Waals surface area contributed by atoms with Crippen molar-refractivity contribution in [3.63, 3.8) is 0 Å². The SMILES string of the molecule is CCOC(=O)Cn1c(=NC(=O)c2cc3cccc(OC)c3o2)sc2cc(C)ccc21. The lowest BCUT2D eigenvalue weighted by atomic mass is 10.2. The average Bonchev–Trinajstić information content (AvgIpc) is 3.29. The summed E-state index contributed by atoms with van der Waals surface area (Å²) in [6.45, 7) is 3.99. The van der Waals surface area contributed by atoms with Gasteiger partial charge in [0, 0.05) is 5.39 Å². The fourth-order valence-electron chi connectivity index (χ4n) is 3.20. The van der Waals surface area contributed by atoms with Crippen molar-refractivity contribution in [2.24, 2.45) is 4.99 Å². The van der Waals surface area contributed by atoms with Crippen LogP contribution in [0.2, 0.25) is 0 Å². The van der Waals surface area contributed by atoms with Gasteiger partial charge >= 0.3 is 11.9 Å². The van der Waals surface area contributed by atoms with Crippen LogP contribution in [0.3, 0.4) is 0 Å². The van der Waals surface area contributed by atoms with Gasteiger partial charge in [0.1, 0.15) is 6.54 Å². The molecular weight excluding hydrogens is 404 g/mol. The second kappa shape index (κ2) is 8.16. The number of amides is 1. The lowest BCUT2D eigenvalue weighted by Crippen LogP contribution is -2.23. The van der Waals surface area contributed by atoms with E-state index in [-0.39, 0.29) is 24.9 Å². The van der Waals surface area contributed by atoms with Crippen molar-refractivity contribution in [3.8, 4) is 5.75 Å². The van der Waals surface area contributed by atoms with Gasteiger partial charge in [0.15, 0.2) is 21.9 Å². The van der Waals surface area contributed by atoms with E-state index in [0.717, 1.165) is 21.2 Å². The Balaban J connectivity index is 1.81. The summed E-state index contributed by atoms with van der Waals surface area (Å²) < 4.78 is 18.7. The van der Waals surface area contributed by atoms with Crippen LogP contribution in [0.1, 0.15) is 23.0 Å². The highest BCUT2D eigenvalue weighted by molar-refractivity contribution is 7.16. The number of fused-ring (bicyclic) bond motifs is 2. The number of carbonyl (C=O) groups excluding carboxylic acids is 2. The number of aryl methyl sites for hydroxylation is 1. The van der Waals surface area contributed by atoms with Gasteiger partial charge in [-0.2, -0.15) is 4.99 Å². The molecule has 2 aromatic heterocycles. The summed E-state index contributed by atoms with van der Waals surface area (Å²) in [7, 11) is 1.54. The van der Waals surface area contributed by atoms with E-state index in [1.807, 2.05) is 37.3 Å². The predicted octanol–water partition coefficient (Wildman–Crippen LogP) is 4.07. The van der Waals surface area contributed by atoms with Crippen LogP contribution in [-0.4, -0.2) is 30.2 Å². The summed E-state index contributed by atoms with van der Waals surface area (Å²) in [5, 5.41) is 0.749. The van der Waals surface area contributed by atoms with Crippen LogP contribution in [-0.2, 0) is 16.1 Å². The van der Waals surface area contributed by atoms with Gasteiger partial charge in [0.25, 0.3) is 0 Å². The number of aromatic nitrogens is 1. The number of ether oxygens (including phenoxy) is 2. The number of thiazole rings is 1. The number of benzene rings is 2. The van der Waals surface area contributed by atoms with Crippen LogP contribution in [0.15, 0.2) is 51.9 Å². The van der Waals surface area contributed by atoms with Crippen molar-refractivity contribution in [2.45, 2.75) is 20.4 Å². The van der Waals surface area contributed by atoms with Gasteiger partial charge in [-0.25, -0.2) is 0 Å². The summed E-state index contributed by atoms with van der Waals surface area (Å²) in [4.78, 5) is 29.7. The van der Waals surface area contributed by atoms with E-state index in [1.165, 1.54) is 11.3 Å². The number of hydrogen-bond donors (Lipinski definition) is 0. The van der Waals surface area contributed by atoms with Gasteiger partial charge in [-0.1, -0.05) is 29.5 Å². The standard InChI is InChI=1S/C22H20N2O5S/c1-4-28-19(25)12-24-15-9-8-13(2)10-18(15)30-22(24)23-21(26)17-11-14-6-5-7-16(27-3)20(14)29-17/h5-11H,4,12H2,1-3H3. The normalized spacial score (nSPS) is 11.9. The molecule has 0 N–H and O–H groups in total. The minimum absolute atomic E-state index is 0.0308. The molecule has 0 aliphatic carbocycles. The van der Waals surface area contributed by atoms with Crippen molar-refractivity contribution < 1.29 is 23.5 Å². The van der Waals surface area contributed by atoms with Gasteiger partial charge < -0.3 is 18.5 Å². The molecule has 0 bridgehead atoms. The van der Waals surface area contributed by atoms with E-state index >= 15 is 0 Å². The number of nitrogens with zero attached hydrogens (tertiary/aromatic N) is 2. The summed E-state index contributed by atoms with van der Waals surface area (Å²) in [6, 6.07) is 12.9. The van der Waals surface area contributed by atoms with Crippen LogP contribution in [0.4, 0.5) is 0 Å². The molecule has 154 valence electrons. The molecule has 8 heteroatoms. The van der Waals surface area contributed by atoms with E-state index in [2.05, 4.69) is 4.99 Å². The van der Waals surface area contributed by atoms with E-state index in [1.54, 1.807) is 30.7 Å². The van der Waals surface area contributed by atoms with Crippen molar-refractivity contribution >= 4 is 44.4 Å². The molecule has 2 heterocycles. The molecule has 0 radical (unpaired) electrons. The number of furan rings is 1. The molecule has 4 aromatic rings. The molecule has 0 saturated heterocycles. The van der Waals surface area contributed by atoms with Crippen LogP contribution in [0, 0.1) is 6.92 Å². The summed E-state index contributed by atoms with van der Waals surface area (Å²) in [5.41, 5.74) is 2.38. The zero-order chi connectivity index (χ0) is 21.3. The van der Waals surface area contributed by atoms with E-state index in [9.17, 15) is 9.59 Å². The molecule has 0 fully saturated rings. The second-order valence-electron chi connectivity index (χ2n) is 6.65. The molecule has 0 atom stereocenters. The molecule has 7 nitrogen and oxygen atoms in total. The molecule has 0 spiro atoms. The van der Waals surface area contributed by atoms with Crippen LogP contribution >= 0.6 is 11.3 Å². The number of para-hydroxylation sites is 1. The Morgan fingerprint density at radius 3 is 2.80 bits per heavy atom. The topological polar surface area (TPSA) is 83.0 Å². The first-order chi connectivity index (χ1) is 14.5. The summed E-state index contributed by atoms with van der Waals surface area (Å²) >= 11 is 1.34. The van der Waals surface area contributed by atoms with Gasteiger partial charge in [0.05, 0.1) is 23.9 Å². The number of carbonyl (C=O) groups is 2. The molecule has 2 aromatic carbocycles. The minimum Gasteiger partial charge on any atom is -0.493 e. The highest BCUT2D eigenvalue weighted by Crippen LogP contribution is 2.28. The maximum atomic E-state index is 12.9. The Labute approximate surface area is 176 Å². The Bertz CT molecular complexity index is 1330. The first-order valence-electron chi connectivity index (χ1n) is 9.41. The third kappa shape index (κ3) is 3.73. The van der Waals surface area contributed by atoms with Crippen molar-refractivity contribution in [1.29, 1.82) is 0 Å². The summed E-state index contributed by atoms with van der Waals surface area (Å²) in [5.74, 6) is -0.277. The van der Waals surface area contributed by atoms with E-state index < -0.39 is 5.91 Å². The first-order valence-corrected chi connectivity index (χ1v) is 10.2. The minimum atomic E-state index is -0.533. The highest BCUT2D eigenvalue weighted by atomic mass is 32.1. The average molecular weight is 424 g/mol.